The number of nitrogens with zero attached hydrogens (tertiary/aromatic N) is 1. The summed E-state index contributed by atoms with van der Waals surface area (Å²) in [7, 11) is 0. The minimum absolute atomic E-state index is 0.661. The van der Waals surface area contributed by atoms with Gasteiger partial charge >= 0.3 is 0 Å². The Balaban J connectivity index is 1.90. The van der Waals surface area contributed by atoms with Gasteiger partial charge in [0, 0.05) is 24.4 Å². The van der Waals surface area contributed by atoms with Gasteiger partial charge in [-0.25, -0.2) is 4.98 Å². The molecule has 3 rings (SSSR count). The van der Waals surface area contributed by atoms with Crippen molar-refractivity contribution < 1.29 is 0 Å². The molecule has 4 heteroatoms. The van der Waals surface area contributed by atoms with E-state index in [0.717, 1.165) is 18.8 Å². The molecule has 0 aliphatic carbocycles. The van der Waals surface area contributed by atoms with Gasteiger partial charge in [0.05, 0.1) is 15.6 Å². The first-order valence-electron chi connectivity index (χ1n) is 4.63. The van der Waals surface area contributed by atoms with Crippen LogP contribution in [-0.4, -0.2) is 18.1 Å². The zero-order chi connectivity index (χ0) is 9.38. The van der Waals surface area contributed by atoms with Crippen LogP contribution in [-0.2, 0) is 0 Å². The SMILES string of the molecule is c1csc(-c2csc(C3CNC3)n2)c1. The number of rotatable bonds is 2. The lowest BCUT2D eigenvalue weighted by molar-refractivity contribution is 0.447. The Hall–Kier alpha value is -0.710. The zero-order valence-corrected chi connectivity index (χ0v) is 9.20. The largest absolute Gasteiger partial charge is 0.315 e. The van der Waals surface area contributed by atoms with Crippen LogP contribution in [0.2, 0.25) is 0 Å². The van der Waals surface area contributed by atoms with Crippen molar-refractivity contribution in [2.24, 2.45) is 0 Å². The second-order valence-corrected chi connectivity index (χ2v) is 5.24. The van der Waals surface area contributed by atoms with Crippen LogP contribution in [0.4, 0.5) is 0 Å². The van der Waals surface area contributed by atoms with Crippen molar-refractivity contribution in [1.82, 2.24) is 10.3 Å². The molecule has 0 radical (unpaired) electrons. The van der Waals surface area contributed by atoms with Crippen molar-refractivity contribution in [3.63, 3.8) is 0 Å². The van der Waals surface area contributed by atoms with Crippen LogP contribution < -0.4 is 5.32 Å². The highest BCUT2D eigenvalue weighted by atomic mass is 32.1. The summed E-state index contributed by atoms with van der Waals surface area (Å²) >= 11 is 3.54. The predicted molar refractivity (Wildman–Crippen MR) is 61.0 cm³/mol. The number of hydrogen-bond donors (Lipinski definition) is 1. The van der Waals surface area contributed by atoms with E-state index in [1.165, 1.54) is 9.88 Å². The molecule has 1 fully saturated rings. The fraction of sp³-hybridized carbons (Fsp3) is 0.300. The summed E-state index contributed by atoms with van der Waals surface area (Å²) in [6.07, 6.45) is 0. The lowest BCUT2D eigenvalue weighted by Gasteiger charge is -2.24. The highest BCUT2D eigenvalue weighted by molar-refractivity contribution is 7.14. The predicted octanol–water partition coefficient (Wildman–Crippen LogP) is 2.56. The molecule has 1 saturated heterocycles. The average molecular weight is 222 g/mol. The van der Waals surface area contributed by atoms with Crippen molar-refractivity contribution in [2.45, 2.75) is 5.92 Å². The van der Waals surface area contributed by atoms with Gasteiger partial charge in [-0.2, -0.15) is 0 Å². The number of hydrogen-bond acceptors (Lipinski definition) is 4. The van der Waals surface area contributed by atoms with Gasteiger partial charge in [0.25, 0.3) is 0 Å². The standard InChI is InChI=1S/C10H10N2S2/c1-2-9(13-3-1)8-6-14-10(12-8)7-4-11-5-7/h1-3,6-7,11H,4-5H2. The summed E-state index contributed by atoms with van der Waals surface area (Å²) in [5, 5.41) is 8.82. The van der Waals surface area contributed by atoms with Gasteiger partial charge in [0.1, 0.15) is 0 Å². The second-order valence-electron chi connectivity index (χ2n) is 3.40. The molecule has 1 N–H and O–H groups in total. The molecule has 3 heterocycles. The normalized spacial score (nSPS) is 16.9. The fourth-order valence-corrected chi connectivity index (χ4v) is 3.16. The molecular formula is C10H10N2S2. The van der Waals surface area contributed by atoms with Crippen LogP contribution in [0.5, 0.6) is 0 Å². The molecule has 2 aromatic heterocycles. The van der Waals surface area contributed by atoms with Crippen LogP contribution in [0.1, 0.15) is 10.9 Å². The highest BCUT2D eigenvalue weighted by Crippen LogP contribution is 2.30. The number of thiophene rings is 1. The molecular weight excluding hydrogens is 212 g/mol. The van der Waals surface area contributed by atoms with E-state index in [9.17, 15) is 0 Å². The Kier molecular flexibility index (Phi) is 2.12. The first-order valence-corrected chi connectivity index (χ1v) is 6.39. The number of nitrogens with one attached hydrogen (secondary N) is 1. The van der Waals surface area contributed by atoms with Gasteiger partial charge in [0.2, 0.25) is 0 Å². The molecule has 0 spiro atoms. The molecule has 0 saturated carbocycles. The van der Waals surface area contributed by atoms with E-state index >= 15 is 0 Å². The van der Waals surface area contributed by atoms with E-state index in [0.29, 0.717) is 5.92 Å². The maximum atomic E-state index is 4.66. The summed E-state index contributed by atoms with van der Waals surface area (Å²) in [6.45, 7) is 2.19. The summed E-state index contributed by atoms with van der Waals surface area (Å²) < 4.78 is 0. The maximum absolute atomic E-state index is 4.66. The van der Waals surface area contributed by atoms with E-state index in [1.54, 1.807) is 22.7 Å². The molecule has 0 bridgehead atoms. The third kappa shape index (κ3) is 1.39. The third-order valence-corrected chi connectivity index (χ3v) is 4.33. The lowest BCUT2D eigenvalue weighted by atomic mass is 10.1. The monoisotopic (exact) mass is 222 g/mol. The molecule has 2 aromatic rings. The summed E-state index contributed by atoms with van der Waals surface area (Å²) in [6, 6.07) is 4.20. The van der Waals surface area contributed by atoms with Gasteiger partial charge in [-0.1, -0.05) is 6.07 Å². The Morgan fingerprint density at radius 1 is 1.36 bits per heavy atom. The van der Waals surface area contributed by atoms with Crippen LogP contribution in [0.15, 0.2) is 22.9 Å². The van der Waals surface area contributed by atoms with Crippen LogP contribution >= 0.6 is 22.7 Å². The first-order chi connectivity index (χ1) is 6.93. The molecule has 2 nitrogen and oxygen atoms in total. The first kappa shape index (κ1) is 8.59. The third-order valence-electron chi connectivity index (χ3n) is 2.43. The summed E-state index contributed by atoms with van der Waals surface area (Å²) in [5.74, 6) is 0.661. The molecule has 1 aliphatic rings. The molecule has 0 unspecified atom stereocenters. The second kappa shape index (κ2) is 3.46. The molecule has 0 aromatic carbocycles. The Bertz CT molecular complexity index is 415. The number of aromatic nitrogens is 1. The van der Waals surface area contributed by atoms with E-state index in [2.05, 4.69) is 33.2 Å². The maximum Gasteiger partial charge on any atom is 0.0989 e. The Labute approximate surface area is 90.6 Å². The van der Waals surface area contributed by atoms with E-state index in [-0.39, 0.29) is 0 Å². The Morgan fingerprint density at radius 3 is 2.93 bits per heavy atom. The molecule has 14 heavy (non-hydrogen) atoms. The fourth-order valence-electron chi connectivity index (χ4n) is 1.48. The van der Waals surface area contributed by atoms with Crippen LogP contribution in [0, 0.1) is 0 Å². The van der Waals surface area contributed by atoms with Crippen LogP contribution in [0.25, 0.3) is 10.6 Å². The van der Waals surface area contributed by atoms with Crippen molar-refractivity contribution in [3.8, 4) is 10.6 Å². The quantitative estimate of drug-likeness (QED) is 0.844. The van der Waals surface area contributed by atoms with Gasteiger partial charge in [-0.15, -0.1) is 22.7 Å². The van der Waals surface area contributed by atoms with Gasteiger partial charge in [-0.05, 0) is 11.4 Å². The average Bonchev–Trinajstić information content (AvgIpc) is 2.65. The molecule has 0 amide bonds. The molecule has 0 atom stereocenters. The highest BCUT2D eigenvalue weighted by Gasteiger charge is 2.22. The van der Waals surface area contributed by atoms with Crippen molar-refractivity contribution >= 4 is 22.7 Å². The Morgan fingerprint density at radius 2 is 2.29 bits per heavy atom. The van der Waals surface area contributed by atoms with Crippen molar-refractivity contribution in [3.05, 3.63) is 27.9 Å². The zero-order valence-electron chi connectivity index (χ0n) is 7.56. The van der Waals surface area contributed by atoms with Gasteiger partial charge < -0.3 is 5.32 Å². The smallest absolute Gasteiger partial charge is 0.0989 e. The number of thiazole rings is 1. The van der Waals surface area contributed by atoms with E-state index < -0.39 is 0 Å². The summed E-state index contributed by atoms with van der Waals surface area (Å²) in [5.41, 5.74) is 1.15. The minimum Gasteiger partial charge on any atom is -0.315 e. The van der Waals surface area contributed by atoms with Crippen molar-refractivity contribution in [1.29, 1.82) is 0 Å². The molecule has 72 valence electrons. The topological polar surface area (TPSA) is 24.9 Å². The van der Waals surface area contributed by atoms with Gasteiger partial charge in [-0.3, -0.25) is 0 Å². The lowest BCUT2D eigenvalue weighted by Crippen LogP contribution is -2.39. The summed E-state index contributed by atoms with van der Waals surface area (Å²) in [4.78, 5) is 5.94. The van der Waals surface area contributed by atoms with E-state index in [4.69, 9.17) is 0 Å². The minimum atomic E-state index is 0.661. The van der Waals surface area contributed by atoms with Gasteiger partial charge in [0.15, 0.2) is 0 Å². The van der Waals surface area contributed by atoms with Crippen LogP contribution in [0.3, 0.4) is 0 Å². The molecule has 1 aliphatic heterocycles. The van der Waals surface area contributed by atoms with E-state index in [1.807, 2.05) is 0 Å². The van der Waals surface area contributed by atoms with Crippen molar-refractivity contribution in [2.75, 3.05) is 13.1 Å².